The van der Waals surface area contributed by atoms with Gasteiger partial charge >= 0.3 is 11.9 Å². The van der Waals surface area contributed by atoms with Gasteiger partial charge in [-0.25, -0.2) is 9.36 Å². The first kappa shape index (κ1) is 48.9. The Morgan fingerprint density at radius 3 is 1.31 bits per heavy atom. The van der Waals surface area contributed by atoms with E-state index in [1.165, 1.54) is 32.9 Å². The number of hydrogen-bond donors (Lipinski definition) is 2. The minimum atomic E-state index is -1.06. The molecule has 2 aliphatic rings. The van der Waals surface area contributed by atoms with Crippen molar-refractivity contribution in [2.24, 2.45) is 10.8 Å². The Morgan fingerprint density at radius 2 is 0.952 bits per heavy atom. The molecule has 2 aromatic rings. The molecule has 328 valence electrons. The molecule has 2 unspecified atom stereocenters. The van der Waals surface area contributed by atoms with E-state index in [1.54, 1.807) is 0 Å². The number of carbonyl (C=O) groups excluding carboxylic acids is 2. The Bertz CT molecular complexity index is 2230. The van der Waals surface area contributed by atoms with Crippen molar-refractivity contribution in [2.45, 2.75) is 116 Å². The number of Topliss-reactive ketones (excluding diaryl/α,β-unsaturated/α-hetero) is 2. The third kappa shape index (κ3) is 13.9. The van der Waals surface area contributed by atoms with Crippen LogP contribution in [0.2, 0.25) is 0 Å². The first-order valence-electron chi connectivity index (χ1n) is 20.1. The van der Waals surface area contributed by atoms with E-state index in [0.29, 0.717) is 34.3 Å². The van der Waals surface area contributed by atoms with E-state index in [2.05, 4.69) is 58.7 Å². The lowest BCUT2D eigenvalue weighted by Crippen LogP contribution is -2.34. The van der Waals surface area contributed by atoms with Crippen molar-refractivity contribution in [3.63, 3.8) is 0 Å². The monoisotopic (exact) mass is 880 g/mol. The SMILES string of the molecule is CC(C=CC=C(C)C=CC1=C(C)C(=O)C(Sc2nnnn2CC(=O)O)CC1(C)C)=CC=CC=C(C)C=CC=C(C)C=CC1=C(C)C(=O)C(Sc2nnnn2CC(=O)O)CC1(C)C. The van der Waals surface area contributed by atoms with Crippen LogP contribution >= 0.6 is 23.5 Å². The standard InChI is InChI=1S/C46H56N8O6S2/c1-29(17-13-19-31(3)21-23-35-33(5)41(59)37(25-45(35,7)8)61-43-47-49-51-53(43)27-39(55)56)15-11-12-16-30(2)18-14-20-32(4)22-24-36-34(6)42(60)38(26-46(36,9)10)62-44-48-50-52-54(44)28-40(57)58/h11-24,37-38H,25-28H2,1-10H3,(H,55,56)(H,57,58). The molecule has 0 aliphatic heterocycles. The van der Waals surface area contributed by atoms with Crippen molar-refractivity contribution >= 4 is 47.0 Å². The van der Waals surface area contributed by atoms with Crippen LogP contribution in [-0.2, 0) is 32.3 Å². The third-order valence-electron chi connectivity index (χ3n) is 10.3. The van der Waals surface area contributed by atoms with E-state index in [1.807, 2.05) is 127 Å². The van der Waals surface area contributed by atoms with Crippen molar-refractivity contribution in [3.05, 3.63) is 130 Å². The average Bonchev–Trinajstić information content (AvgIpc) is 3.81. The van der Waals surface area contributed by atoms with Gasteiger partial charge in [-0.1, -0.05) is 159 Å². The van der Waals surface area contributed by atoms with E-state index < -0.39 is 22.4 Å². The Kier molecular flexibility index (Phi) is 17.3. The summed E-state index contributed by atoms with van der Waals surface area (Å²) < 4.78 is 2.40. The van der Waals surface area contributed by atoms with Gasteiger partial charge in [0.1, 0.15) is 13.1 Å². The summed E-state index contributed by atoms with van der Waals surface area (Å²) in [7, 11) is 0. The zero-order chi connectivity index (χ0) is 45.8. The van der Waals surface area contributed by atoms with Crippen molar-refractivity contribution in [3.8, 4) is 0 Å². The summed E-state index contributed by atoms with van der Waals surface area (Å²) in [4.78, 5) is 49.1. The number of aliphatic carboxylic acids is 2. The number of tetrazole rings is 2. The number of ketones is 2. The molecule has 0 saturated carbocycles. The van der Waals surface area contributed by atoms with Gasteiger partial charge in [-0.3, -0.25) is 19.2 Å². The summed E-state index contributed by atoms with van der Waals surface area (Å²) in [5.41, 5.74) is 6.93. The fraction of sp³-hybridized carbons (Fsp3) is 0.391. The van der Waals surface area contributed by atoms with Crippen LogP contribution in [0.3, 0.4) is 0 Å². The molecule has 0 aromatic carbocycles. The smallest absolute Gasteiger partial charge is 0.325 e. The van der Waals surface area contributed by atoms with Crippen LogP contribution in [0.5, 0.6) is 0 Å². The predicted molar refractivity (Wildman–Crippen MR) is 243 cm³/mol. The van der Waals surface area contributed by atoms with Crippen LogP contribution in [0, 0.1) is 10.8 Å². The molecule has 0 radical (unpaired) electrons. The molecule has 2 heterocycles. The van der Waals surface area contributed by atoms with Gasteiger partial charge in [0.2, 0.25) is 10.3 Å². The van der Waals surface area contributed by atoms with Crippen LogP contribution in [0.25, 0.3) is 0 Å². The van der Waals surface area contributed by atoms with Crippen LogP contribution in [0.15, 0.2) is 140 Å². The van der Waals surface area contributed by atoms with Crippen molar-refractivity contribution in [1.29, 1.82) is 0 Å². The molecule has 2 atom stereocenters. The summed E-state index contributed by atoms with van der Waals surface area (Å²) in [6.07, 6.45) is 29.4. The van der Waals surface area contributed by atoms with E-state index >= 15 is 0 Å². The average molecular weight is 881 g/mol. The molecular weight excluding hydrogens is 825 g/mol. The topological polar surface area (TPSA) is 196 Å². The molecule has 0 fully saturated rings. The predicted octanol–water partition coefficient (Wildman–Crippen LogP) is 8.65. The molecule has 2 aromatic heterocycles. The zero-order valence-corrected chi connectivity index (χ0v) is 38.6. The number of carbonyl (C=O) groups is 4. The molecule has 0 spiro atoms. The van der Waals surface area contributed by atoms with E-state index in [9.17, 15) is 19.2 Å². The summed E-state index contributed by atoms with van der Waals surface area (Å²) in [6, 6.07) is 0. The molecule has 16 heteroatoms. The van der Waals surface area contributed by atoms with Crippen molar-refractivity contribution < 1.29 is 29.4 Å². The van der Waals surface area contributed by atoms with Crippen LogP contribution in [0.1, 0.15) is 82.1 Å². The van der Waals surface area contributed by atoms with Gasteiger partial charge in [0.15, 0.2) is 11.6 Å². The second-order valence-corrected chi connectivity index (χ2v) is 19.0. The highest BCUT2D eigenvalue weighted by Gasteiger charge is 2.40. The van der Waals surface area contributed by atoms with Crippen LogP contribution in [-0.4, -0.2) is 84.6 Å². The van der Waals surface area contributed by atoms with E-state index in [0.717, 1.165) is 33.4 Å². The minimum absolute atomic E-state index is 0.00801. The van der Waals surface area contributed by atoms with Gasteiger partial charge in [-0.15, -0.1) is 10.2 Å². The maximum Gasteiger partial charge on any atom is 0.325 e. The lowest BCUT2D eigenvalue weighted by atomic mass is 9.72. The lowest BCUT2D eigenvalue weighted by molar-refractivity contribution is -0.139. The molecule has 2 N–H and O–H groups in total. The summed E-state index contributed by atoms with van der Waals surface area (Å²) in [5.74, 6) is -2.13. The largest absolute Gasteiger partial charge is 0.480 e. The van der Waals surface area contributed by atoms with Gasteiger partial charge in [-0.05, 0) is 108 Å². The van der Waals surface area contributed by atoms with Crippen LogP contribution in [0.4, 0.5) is 0 Å². The molecule has 0 amide bonds. The van der Waals surface area contributed by atoms with Gasteiger partial charge in [0.05, 0.1) is 10.5 Å². The number of hydrogen-bond acceptors (Lipinski definition) is 12. The fourth-order valence-corrected chi connectivity index (χ4v) is 9.72. The normalized spacial score (nSPS) is 20.7. The number of rotatable bonds is 18. The quantitative estimate of drug-likeness (QED) is 0.135. The number of nitrogens with zero attached hydrogens (tertiary/aromatic N) is 8. The number of carboxylic acids is 2. The number of allylic oxidation sites excluding steroid dienone is 22. The van der Waals surface area contributed by atoms with Crippen LogP contribution < -0.4 is 0 Å². The second-order valence-electron chi connectivity index (χ2n) is 16.6. The lowest BCUT2D eigenvalue weighted by Gasteiger charge is -2.36. The molecule has 0 bridgehead atoms. The van der Waals surface area contributed by atoms with E-state index in [-0.39, 0.29) is 35.5 Å². The highest BCUT2D eigenvalue weighted by atomic mass is 32.2. The molecule has 0 saturated heterocycles. The fourth-order valence-electron chi connectivity index (χ4n) is 7.03. The Balaban J connectivity index is 1.29. The summed E-state index contributed by atoms with van der Waals surface area (Å²) in [6.45, 7) is 19.5. The Hall–Kier alpha value is -5.74. The summed E-state index contributed by atoms with van der Waals surface area (Å²) >= 11 is 2.41. The van der Waals surface area contributed by atoms with Crippen molar-refractivity contribution in [1.82, 2.24) is 40.4 Å². The maximum atomic E-state index is 13.4. The van der Waals surface area contributed by atoms with Crippen molar-refractivity contribution in [2.75, 3.05) is 0 Å². The second kappa shape index (κ2) is 21.9. The Morgan fingerprint density at radius 1 is 0.613 bits per heavy atom. The minimum Gasteiger partial charge on any atom is -0.480 e. The summed E-state index contributed by atoms with van der Waals surface area (Å²) in [5, 5.41) is 40.6. The third-order valence-corrected chi connectivity index (χ3v) is 12.7. The molecular formula is C46H56N8O6S2. The molecule has 14 nitrogen and oxygen atoms in total. The van der Waals surface area contributed by atoms with Gasteiger partial charge in [-0.2, -0.15) is 0 Å². The molecule has 4 rings (SSSR count). The maximum absolute atomic E-state index is 13.4. The highest BCUT2D eigenvalue weighted by Crippen LogP contribution is 2.46. The number of carboxylic acid groups (broad SMARTS) is 2. The number of thioether (sulfide) groups is 2. The Labute approximate surface area is 371 Å². The molecule has 62 heavy (non-hydrogen) atoms. The first-order valence-corrected chi connectivity index (χ1v) is 21.8. The first-order chi connectivity index (χ1) is 29.2. The zero-order valence-electron chi connectivity index (χ0n) is 37.0. The number of aromatic nitrogens is 8. The molecule has 2 aliphatic carbocycles. The van der Waals surface area contributed by atoms with E-state index in [4.69, 9.17) is 10.2 Å². The van der Waals surface area contributed by atoms with Gasteiger partial charge in [0.25, 0.3) is 0 Å². The van der Waals surface area contributed by atoms with Gasteiger partial charge < -0.3 is 10.2 Å². The highest BCUT2D eigenvalue weighted by molar-refractivity contribution is 8.00. The van der Waals surface area contributed by atoms with Gasteiger partial charge in [0, 0.05) is 0 Å².